The van der Waals surface area contributed by atoms with Crippen molar-refractivity contribution in [3.8, 4) is 17.2 Å². The van der Waals surface area contributed by atoms with Crippen LogP contribution in [0.5, 0.6) is 17.2 Å². The van der Waals surface area contributed by atoms with Crippen LogP contribution in [0.2, 0.25) is 5.02 Å². The molecule has 0 spiro atoms. The molecule has 1 saturated heterocycles. The number of imide groups is 1. The third kappa shape index (κ3) is 6.07. The van der Waals surface area contributed by atoms with Gasteiger partial charge in [0.15, 0.2) is 11.5 Å². The van der Waals surface area contributed by atoms with Crippen molar-refractivity contribution in [2.45, 2.75) is 13.5 Å². The normalized spacial score (nSPS) is 13.9. The number of anilines is 1. The highest BCUT2D eigenvalue weighted by atomic mass is 35.5. The SMILES string of the molecule is COc1ccccc1NC(=O)CN1C(=O)N/C(=C/c2cc(Cl)c(OCc3cccc(C)c3)c(OC)c2)C1=O. The van der Waals surface area contributed by atoms with Crippen LogP contribution in [0.15, 0.2) is 66.4 Å². The molecule has 0 atom stereocenters. The van der Waals surface area contributed by atoms with Crippen molar-refractivity contribution in [1.82, 2.24) is 10.2 Å². The zero-order chi connectivity index (χ0) is 27.2. The number of carbonyl (C=O) groups excluding carboxylic acids is 3. The number of nitrogens with one attached hydrogen (secondary N) is 2. The highest BCUT2D eigenvalue weighted by molar-refractivity contribution is 6.32. The van der Waals surface area contributed by atoms with E-state index < -0.39 is 24.4 Å². The van der Waals surface area contributed by atoms with E-state index in [1.807, 2.05) is 31.2 Å². The lowest BCUT2D eigenvalue weighted by molar-refractivity contribution is -0.127. The van der Waals surface area contributed by atoms with Gasteiger partial charge in [-0.2, -0.15) is 0 Å². The molecule has 1 aliphatic heterocycles. The van der Waals surface area contributed by atoms with Crippen LogP contribution in [0.3, 0.4) is 0 Å². The number of nitrogens with zero attached hydrogens (tertiary/aromatic N) is 1. The summed E-state index contributed by atoms with van der Waals surface area (Å²) < 4.78 is 16.6. The second-order valence-corrected chi connectivity index (χ2v) is 8.85. The minimum atomic E-state index is -0.715. The van der Waals surface area contributed by atoms with Gasteiger partial charge >= 0.3 is 6.03 Å². The van der Waals surface area contributed by atoms with Crippen molar-refractivity contribution in [2.24, 2.45) is 0 Å². The summed E-state index contributed by atoms with van der Waals surface area (Å²) in [6.07, 6.45) is 1.46. The summed E-state index contributed by atoms with van der Waals surface area (Å²) in [5, 5.41) is 5.41. The number of benzene rings is 3. The van der Waals surface area contributed by atoms with E-state index in [2.05, 4.69) is 10.6 Å². The Morgan fingerprint density at radius 2 is 1.79 bits per heavy atom. The van der Waals surface area contributed by atoms with E-state index in [9.17, 15) is 14.4 Å². The average Bonchev–Trinajstić information content (AvgIpc) is 3.15. The maximum absolute atomic E-state index is 12.9. The number of para-hydroxylation sites is 2. The van der Waals surface area contributed by atoms with Crippen molar-refractivity contribution in [2.75, 3.05) is 26.1 Å². The summed E-state index contributed by atoms with van der Waals surface area (Å²) in [6, 6.07) is 17.2. The number of halogens is 1. The molecule has 0 saturated carbocycles. The topological polar surface area (TPSA) is 106 Å². The second kappa shape index (κ2) is 11.7. The number of urea groups is 1. The Kier molecular flexibility index (Phi) is 8.18. The van der Waals surface area contributed by atoms with Crippen LogP contribution in [0.25, 0.3) is 6.08 Å². The highest BCUT2D eigenvalue weighted by Crippen LogP contribution is 2.37. The van der Waals surface area contributed by atoms with Crippen LogP contribution >= 0.6 is 11.6 Å². The van der Waals surface area contributed by atoms with Gasteiger partial charge in [0.25, 0.3) is 5.91 Å². The quantitative estimate of drug-likeness (QED) is 0.302. The van der Waals surface area contributed by atoms with Crippen molar-refractivity contribution in [3.05, 3.63) is 88.1 Å². The number of carbonyl (C=O) groups is 3. The molecule has 0 unspecified atom stereocenters. The Morgan fingerprint density at radius 1 is 1.03 bits per heavy atom. The van der Waals surface area contributed by atoms with Crippen LogP contribution in [-0.2, 0) is 16.2 Å². The van der Waals surface area contributed by atoms with Crippen molar-refractivity contribution in [3.63, 3.8) is 0 Å². The number of rotatable bonds is 9. The number of aryl methyl sites for hydroxylation is 1. The minimum Gasteiger partial charge on any atom is -0.495 e. The Hall–Kier alpha value is -4.50. The number of amides is 4. The first-order valence-corrected chi connectivity index (χ1v) is 12.0. The van der Waals surface area contributed by atoms with E-state index in [-0.39, 0.29) is 10.7 Å². The summed E-state index contributed by atoms with van der Waals surface area (Å²) in [7, 11) is 2.95. The fraction of sp³-hybridized carbons (Fsp3) is 0.179. The number of hydrogen-bond donors (Lipinski definition) is 2. The van der Waals surface area contributed by atoms with Crippen LogP contribution in [-0.4, -0.2) is 43.5 Å². The summed E-state index contributed by atoms with van der Waals surface area (Å²) in [6.45, 7) is 1.81. The molecule has 1 heterocycles. The lowest BCUT2D eigenvalue weighted by Gasteiger charge is -2.14. The first-order chi connectivity index (χ1) is 18.3. The minimum absolute atomic E-state index is 0.00774. The van der Waals surface area contributed by atoms with Gasteiger partial charge in [-0.3, -0.25) is 9.59 Å². The van der Waals surface area contributed by atoms with Crippen LogP contribution < -0.4 is 24.8 Å². The molecule has 10 heteroatoms. The second-order valence-electron chi connectivity index (χ2n) is 8.44. The Balaban J connectivity index is 1.47. The van der Waals surface area contributed by atoms with Gasteiger partial charge in [0.1, 0.15) is 24.6 Å². The number of hydrogen-bond acceptors (Lipinski definition) is 6. The lowest BCUT2D eigenvalue weighted by atomic mass is 10.1. The zero-order valence-electron chi connectivity index (χ0n) is 21.0. The van der Waals surface area contributed by atoms with Crippen LogP contribution in [0.4, 0.5) is 10.5 Å². The molecular weight excluding hydrogens is 510 g/mol. The highest BCUT2D eigenvalue weighted by Gasteiger charge is 2.35. The van der Waals surface area contributed by atoms with E-state index in [0.29, 0.717) is 35.1 Å². The maximum atomic E-state index is 12.9. The van der Waals surface area contributed by atoms with Gasteiger partial charge in [-0.15, -0.1) is 0 Å². The summed E-state index contributed by atoms with van der Waals surface area (Å²) >= 11 is 6.48. The largest absolute Gasteiger partial charge is 0.495 e. The van der Waals surface area contributed by atoms with E-state index in [1.165, 1.54) is 20.3 Å². The Morgan fingerprint density at radius 3 is 2.53 bits per heavy atom. The van der Waals surface area contributed by atoms with Gasteiger partial charge in [-0.05, 0) is 48.4 Å². The van der Waals surface area contributed by atoms with Gasteiger partial charge < -0.3 is 24.8 Å². The lowest BCUT2D eigenvalue weighted by Crippen LogP contribution is -2.38. The molecule has 3 aromatic rings. The molecule has 0 aromatic heterocycles. The van der Waals surface area contributed by atoms with E-state index >= 15 is 0 Å². The predicted octanol–water partition coefficient (Wildman–Crippen LogP) is 4.78. The third-order valence-electron chi connectivity index (χ3n) is 5.67. The van der Waals surface area contributed by atoms with Crippen molar-refractivity contribution < 1.29 is 28.6 Å². The molecule has 196 valence electrons. The molecule has 38 heavy (non-hydrogen) atoms. The molecule has 2 N–H and O–H groups in total. The standard InChI is InChI=1S/C28H26ClN3O6/c1-17-7-6-8-18(11-17)16-38-26-20(29)12-19(14-24(26)37-3)13-22-27(34)32(28(35)31-22)15-25(33)30-21-9-4-5-10-23(21)36-2/h4-14H,15-16H2,1-3H3,(H,30,33)(H,31,35)/b22-13+. The molecular formula is C28H26ClN3O6. The van der Waals surface area contributed by atoms with E-state index in [4.69, 9.17) is 25.8 Å². The molecule has 3 aromatic carbocycles. The zero-order valence-corrected chi connectivity index (χ0v) is 21.8. The average molecular weight is 536 g/mol. The number of ether oxygens (including phenoxy) is 3. The van der Waals surface area contributed by atoms with Crippen LogP contribution in [0.1, 0.15) is 16.7 Å². The summed E-state index contributed by atoms with van der Waals surface area (Å²) in [4.78, 5) is 38.7. The van der Waals surface area contributed by atoms with Gasteiger partial charge in [0.2, 0.25) is 5.91 Å². The first-order valence-electron chi connectivity index (χ1n) is 11.6. The van der Waals surface area contributed by atoms with Crippen molar-refractivity contribution in [1.29, 1.82) is 0 Å². The smallest absolute Gasteiger partial charge is 0.329 e. The molecule has 0 bridgehead atoms. The van der Waals surface area contributed by atoms with Crippen molar-refractivity contribution >= 4 is 41.2 Å². The van der Waals surface area contributed by atoms with E-state index in [1.54, 1.807) is 36.4 Å². The molecule has 4 amide bonds. The van der Waals surface area contributed by atoms with E-state index in [0.717, 1.165) is 16.0 Å². The summed E-state index contributed by atoms with van der Waals surface area (Å²) in [5.74, 6) is -0.0362. The van der Waals surface area contributed by atoms with Crippen LogP contribution in [0, 0.1) is 6.92 Å². The van der Waals surface area contributed by atoms with Gasteiger partial charge in [-0.1, -0.05) is 53.6 Å². The van der Waals surface area contributed by atoms with Gasteiger partial charge in [-0.25, -0.2) is 9.69 Å². The van der Waals surface area contributed by atoms with Gasteiger partial charge in [0.05, 0.1) is 24.9 Å². The first kappa shape index (κ1) is 26.6. The molecule has 4 rings (SSSR count). The molecule has 0 radical (unpaired) electrons. The molecule has 1 aliphatic rings. The van der Waals surface area contributed by atoms with Gasteiger partial charge in [0, 0.05) is 0 Å². The molecule has 9 nitrogen and oxygen atoms in total. The maximum Gasteiger partial charge on any atom is 0.329 e. The fourth-order valence-corrected chi connectivity index (χ4v) is 4.16. The number of methoxy groups -OCH3 is 2. The monoisotopic (exact) mass is 535 g/mol. The summed E-state index contributed by atoms with van der Waals surface area (Å²) in [5.41, 5.74) is 3.00. The Labute approximate surface area is 224 Å². The fourth-order valence-electron chi connectivity index (χ4n) is 3.88. The predicted molar refractivity (Wildman–Crippen MR) is 143 cm³/mol. The Bertz CT molecular complexity index is 1420. The molecule has 0 aliphatic carbocycles. The third-order valence-corrected chi connectivity index (χ3v) is 5.95. The molecule has 1 fully saturated rings.